The zero-order valence-corrected chi connectivity index (χ0v) is 11.2. The molecule has 1 aromatic carbocycles. The molecule has 20 heavy (non-hydrogen) atoms. The normalized spacial score (nSPS) is 24.9. The number of carbonyl (C=O) groups is 1. The fraction of sp³-hybridized carbons (Fsp3) is 0.500. The van der Waals surface area contributed by atoms with Crippen molar-refractivity contribution in [3.05, 3.63) is 29.3 Å². The number of halogens is 2. The van der Waals surface area contributed by atoms with Gasteiger partial charge >= 0.3 is 0 Å². The summed E-state index contributed by atoms with van der Waals surface area (Å²) in [6, 6.07) is 2.16. The summed E-state index contributed by atoms with van der Waals surface area (Å²) in [6.45, 7) is 0.985. The van der Waals surface area contributed by atoms with Crippen molar-refractivity contribution in [3.63, 3.8) is 0 Å². The van der Waals surface area contributed by atoms with Crippen LogP contribution in [0.2, 0.25) is 0 Å². The molecule has 0 aromatic heterocycles. The number of hydrogen-bond donors (Lipinski definition) is 1. The number of hydrogen-bond acceptors (Lipinski definition) is 3. The molecule has 2 fully saturated rings. The molecular formula is C14H16F2N2O2. The van der Waals surface area contributed by atoms with Crippen molar-refractivity contribution in [2.24, 2.45) is 0 Å². The van der Waals surface area contributed by atoms with E-state index in [2.05, 4.69) is 5.32 Å². The lowest BCUT2D eigenvalue weighted by Gasteiger charge is -2.32. The van der Waals surface area contributed by atoms with E-state index in [4.69, 9.17) is 4.74 Å². The Morgan fingerprint density at radius 2 is 1.80 bits per heavy atom. The van der Waals surface area contributed by atoms with Gasteiger partial charge in [-0.1, -0.05) is 0 Å². The van der Waals surface area contributed by atoms with Gasteiger partial charge in [-0.25, -0.2) is 8.78 Å². The Bertz CT molecular complexity index is 515. The first-order valence-electron chi connectivity index (χ1n) is 6.70. The second-order valence-corrected chi connectivity index (χ2v) is 5.23. The van der Waals surface area contributed by atoms with Crippen LogP contribution in [0.25, 0.3) is 0 Å². The highest BCUT2D eigenvalue weighted by molar-refractivity contribution is 5.94. The average molecular weight is 282 g/mol. The van der Waals surface area contributed by atoms with Crippen molar-refractivity contribution in [2.45, 2.75) is 25.0 Å². The number of likely N-dealkylation sites (tertiary alicyclic amines) is 1. The van der Waals surface area contributed by atoms with Gasteiger partial charge < -0.3 is 15.0 Å². The van der Waals surface area contributed by atoms with E-state index in [1.165, 1.54) is 7.05 Å². The molecular weight excluding hydrogens is 266 g/mol. The molecule has 3 rings (SSSR count). The van der Waals surface area contributed by atoms with Crippen molar-refractivity contribution in [1.29, 1.82) is 0 Å². The van der Waals surface area contributed by atoms with Gasteiger partial charge in [0.15, 0.2) is 0 Å². The van der Waals surface area contributed by atoms with Crippen molar-refractivity contribution >= 4 is 11.6 Å². The van der Waals surface area contributed by atoms with Crippen LogP contribution in [-0.2, 0) is 4.74 Å². The van der Waals surface area contributed by atoms with Crippen LogP contribution in [0.5, 0.6) is 0 Å². The molecule has 2 aliphatic rings. The lowest BCUT2D eigenvalue weighted by molar-refractivity contribution is -0.0303. The molecule has 2 saturated heterocycles. The standard InChI is InChI=1S/C14H16F2N2O2/c1-17-13-11(15)4-8(5-12(13)16)14(19)18-6-9-2-3-10(7-18)20-9/h4-5,9-10,17H,2-3,6-7H2,1H3. The fourth-order valence-corrected chi connectivity index (χ4v) is 2.90. The van der Waals surface area contributed by atoms with Gasteiger partial charge in [-0.05, 0) is 25.0 Å². The molecule has 108 valence electrons. The van der Waals surface area contributed by atoms with Crippen LogP contribution in [0.1, 0.15) is 23.2 Å². The van der Waals surface area contributed by atoms with Crippen LogP contribution in [0.3, 0.4) is 0 Å². The molecule has 2 atom stereocenters. The number of carbonyl (C=O) groups excluding carboxylic acids is 1. The highest BCUT2D eigenvalue weighted by atomic mass is 19.1. The first-order chi connectivity index (χ1) is 9.58. The van der Waals surface area contributed by atoms with E-state index < -0.39 is 11.6 Å². The minimum Gasteiger partial charge on any atom is -0.383 e. The summed E-state index contributed by atoms with van der Waals surface area (Å²) in [5.41, 5.74) is -0.177. The summed E-state index contributed by atoms with van der Waals surface area (Å²) in [4.78, 5) is 14.0. The summed E-state index contributed by atoms with van der Waals surface area (Å²) in [6.07, 6.45) is 2.00. The Labute approximate surface area is 115 Å². The third kappa shape index (κ3) is 2.24. The number of benzene rings is 1. The second kappa shape index (κ2) is 5.01. The minimum atomic E-state index is -0.757. The average Bonchev–Trinajstić information content (AvgIpc) is 2.76. The summed E-state index contributed by atoms with van der Waals surface area (Å²) in [7, 11) is 1.43. The quantitative estimate of drug-likeness (QED) is 0.902. The minimum absolute atomic E-state index is 0.0419. The summed E-state index contributed by atoms with van der Waals surface area (Å²) in [5, 5.41) is 2.44. The molecule has 1 aromatic rings. The number of morpholine rings is 1. The smallest absolute Gasteiger partial charge is 0.254 e. The Morgan fingerprint density at radius 3 is 2.30 bits per heavy atom. The second-order valence-electron chi connectivity index (χ2n) is 5.23. The van der Waals surface area contributed by atoms with Gasteiger partial charge in [-0.15, -0.1) is 0 Å². The molecule has 2 aliphatic heterocycles. The van der Waals surface area contributed by atoms with Crippen LogP contribution in [0.4, 0.5) is 14.5 Å². The Morgan fingerprint density at radius 1 is 1.25 bits per heavy atom. The lowest BCUT2D eigenvalue weighted by atomic mass is 10.1. The first kappa shape index (κ1) is 13.3. The van der Waals surface area contributed by atoms with Gasteiger partial charge in [-0.2, -0.15) is 0 Å². The maximum absolute atomic E-state index is 13.7. The van der Waals surface area contributed by atoms with E-state index in [0.29, 0.717) is 13.1 Å². The van der Waals surface area contributed by atoms with E-state index in [0.717, 1.165) is 25.0 Å². The van der Waals surface area contributed by atoms with Gasteiger partial charge in [0.1, 0.15) is 17.3 Å². The maximum atomic E-state index is 13.7. The molecule has 2 bridgehead atoms. The van der Waals surface area contributed by atoms with E-state index in [1.807, 2.05) is 0 Å². The van der Waals surface area contributed by atoms with Gasteiger partial charge in [0, 0.05) is 25.7 Å². The van der Waals surface area contributed by atoms with Crippen LogP contribution in [0.15, 0.2) is 12.1 Å². The Hall–Kier alpha value is -1.69. The molecule has 0 aliphatic carbocycles. The largest absolute Gasteiger partial charge is 0.383 e. The molecule has 0 saturated carbocycles. The third-order valence-corrected chi connectivity index (χ3v) is 3.87. The SMILES string of the molecule is CNc1c(F)cc(C(=O)N2CC3CCC(C2)O3)cc1F. The molecule has 4 nitrogen and oxygen atoms in total. The highest BCUT2D eigenvalue weighted by Crippen LogP contribution is 2.28. The van der Waals surface area contributed by atoms with Crippen molar-refractivity contribution in [2.75, 3.05) is 25.5 Å². The molecule has 2 unspecified atom stereocenters. The van der Waals surface area contributed by atoms with Crippen molar-refractivity contribution in [1.82, 2.24) is 4.90 Å². The van der Waals surface area contributed by atoms with Crippen LogP contribution >= 0.6 is 0 Å². The monoisotopic (exact) mass is 282 g/mol. The Kier molecular flexibility index (Phi) is 3.33. The number of nitrogens with zero attached hydrogens (tertiary/aromatic N) is 1. The molecule has 1 N–H and O–H groups in total. The van der Waals surface area contributed by atoms with Gasteiger partial charge in [-0.3, -0.25) is 4.79 Å². The number of ether oxygens (including phenoxy) is 1. The number of amides is 1. The van der Waals surface area contributed by atoms with Crippen molar-refractivity contribution < 1.29 is 18.3 Å². The van der Waals surface area contributed by atoms with Gasteiger partial charge in [0.05, 0.1) is 12.2 Å². The van der Waals surface area contributed by atoms with Crippen LogP contribution < -0.4 is 5.32 Å². The van der Waals surface area contributed by atoms with Crippen LogP contribution in [-0.4, -0.2) is 43.2 Å². The van der Waals surface area contributed by atoms with Crippen molar-refractivity contribution in [3.8, 4) is 0 Å². The number of nitrogens with one attached hydrogen (secondary N) is 1. The zero-order valence-electron chi connectivity index (χ0n) is 11.2. The summed E-state index contributed by atoms with van der Waals surface area (Å²) < 4.78 is 33.1. The fourth-order valence-electron chi connectivity index (χ4n) is 2.90. The first-order valence-corrected chi connectivity index (χ1v) is 6.70. The molecule has 6 heteroatoms. The summed E-state index contributed by atoms with van der Waals surface area (Å²) >= 11 is 0. The molecule has 0 spiro atoms. The lowest BCUT2D eigenvalue weighted by Crippen LogP contribution is -2.45. The van der Waals surface area contributed by atoms with E-state index in [1.54, 1.807) is 4.90 Å². The predicted molar refractivity (Wildman–Crippen MR) is 69.7 cm³/mol. The third-order valence-electron chi connectivity index (χ3n) is 3.87. The molecule has 2 heterocycles. The molecule has 0 radical (unpaired) electrons. The Balaban J connectivity index is 1.84. The van der Waals surface area contributed by atoms with E-state index in [-0.39, 0.29) is 29.4 Å². The highest BCUT2D eigenvalue weighted by Gasteiger charge is 2.36. The number of fused-ring (bicyclic) bond motifs is 2. The van der Waals surface area contributed by atoms with E-state index >= 15 is 0 Å². The maximum Gasteiger partial charge on any atom is 0.254 e. The topological polar surface area (TPSA) is 41.6 Å². The number of anilines is 1. The van der Waals surface area contributed by atoms with Gasteiger partial charge in [0.25, 0.3) is 5.91 Å². The van der Waals surface area contributed by atoms with E-state index in [9.17, 15) is 13.6 Å². The molecule has 1 amide bonds. The van der Waals surface area contributed by atoms with Crippen LogP contribution in [0, 0.1) is 11.6 Å². The predicted octanol–water partition coefficient (Wildman–Crippen LogP) is 2.01. The van der Waals surface area contributed by atoms with Gasteiger partial charge in [0.2, 0.25) is 0 Å². The number of rotatable bonds is 2. The summed E-state index contributed by atoms with van der Waals surface area (Å²) in [5.74, 6) is -1.86. The zero-order chi connectivity index (χ0) is 14.3.